The molecule has 2 aromatic rings. The molecule has 0 radical (unpaired) electrons. The van der Waals surface area contributed by atoms with Gasteiger partial charge in [0.1, 0.15) is 12.9 Å². The van der Waals surface area contributed by atoms with Crippen LogP contribution in [0.2, 0.25) is 0 Å². The second kappa shape index (κ2) is 5.43. The molecule has 6 nitrogen and oxygen atoms in total. The third-order valence-corrected chi connectivity index (χ3v) is 2.69. The van der Waals surface area contributed by atoms with Gasteiger partial charge in [-0.2, -0.15) is 13.2 Å². The molecule has 0 bridgehead atoms. The van der Waals surface area contributed by atoms with Crippen molar-refractivity contribution in [1.29, 1.82) is 0 Å². The highest BCUT2D eigenvalue weighted by atomic mass is 19.4. The summed E-state index contributed by atoms with van der Waals surface area (Å²) in [5.41, 5.74) is 4.65. The van der Waals surface area contributed by atoms with E-state index in [2.05, 4.69) is 15.4 Å². The molecule has 0 atom stereocenters. The molecule has 0 aliphatic heterocycles. The van der Waals surface area contributed by atoms with Crippen molar-refractivity contribution >= 4 is 17.5 Å². The van der Waals surface area contributed by atoms with Gasteiger partial charge in [0.2, 0.25) is 11.9 Å². The summed E-state index contributed by atoms with van der Waals surface area (Å²) in [6.45, 7) is 1.16. The van der Waals surface area contributed by atoms with Crippen LogP contribution in [0.4, 0.5) is 24.8 Å². The van der Waals surface area contributed by atoms with Gasteiger partial charge in [-0.05, 0) is 24.6 Å². The average molecular weight is 299 g/mol. The standard InChI is InChI=1S/C12H12F3N5O/c1-7-2-3-8(4-9(7)12(13,14)15)18-10(21)5-20-6-17-11(16)19-20/h2-4,6H,5H2,1H3,(H2,16,19)(H,18,21). The van der Waals surface area contributed by atoms with Crippen LogP contribution in [0.3, 0.4) is 0 Å². The number of alkyl halides is 3. The molecule has 1 amide bonds. The van der Waals surface area contributed by atoms with Crippen LogP contribution in [0.5, 0.6) is 0 Å². The summed E-state index contributed by atoms with van der Waals surface area (Å²) in [6, 6.07) is 3.59. The van der Waals surface area contributed by atoms with E-state index in [1.807, 2.05) is 0 Å². The maximum absolute atomic E-state index is 12.8. The fourth-order valence-electron chi connectivity index (χ4n) is 1.74. The Balaban J connectivity index is 2.11. The van der Waals surface area contributed by atoms with Gasteiger partial charge < -0.3 is 11.1 Å². The number of hydrogen-bond acceptors (Lipinski definition) is 4. The number of nitrogen functional groups attached to an aromatic ring is 1. The fourth-order valence-corrected chi connectivity index (χ4v) is 1.74. The van der Waals surface area contributed by atoms with Crippen LogP contribution in [0.25, 0.3) is 0 Å². The minimum absolute atomic E-state index is 0.0116. The van der Waals surface area contributed by atoms with E-state index in [0.717, 1.165) is 6.07 Å². The molecule has 3 N–H and O–H groups in total. The van der Waals surface area contributed by atoms with Crippen LogP contribution in [0.1, 0.15) is 11.1 Å². The quantitative estimate of drug-likeness (QED) is 0.905. The van der Waals surface area contributed by atoms with Gasteiger partial charge in [-0.15, -0.1) is 5.10 Å². The first-order valence-electron chi connectivity index (χ1n) is 5.88. The van der Waals surface area contributed by atoms with E-state index >= 15 is 0 Å². The Morgan fingerprint density at radius 2 is 2.14 bits per heavy atom. The van der Waals surface area contributed by atoms with Crippen molar-refractivity contribution < 1.29 is 18.0 Å². The number of benzene rings is 1. The average Bonchev–Trinajstić information content (AvgIpc) is 2.75. The van der Waals surface area contributed by atoms with Crippen molar-refractivity contribution in [3.63, 3.8) is 0 Å². The molecular formula is C12H12F3N5O. The van der Waals surface area contributed by atoms with E-state index in [1.165, 1.54) is 30.1 Å². The maximum Gasteiger partial charge on any atom is 0.416 e. The molecule has 21 heavy (non-hydrogen) atoms. The molecule has 0 unspecified atom stereocenters. The zero-order valence-corrected chi connectivity index (χ0v) is 11.0. The van der Waals surface area contributed by atoms with Crippen LogP contribution in [0, 0.1) is 6.92 Å². The van der Waals surface area contributed by atoms with E-state index in [-0.39, 0.29) is 23.7 Å². The van der Waals surface area contributed by atoms with Gasteiger partial charge in [0, 0.05) is 5.69 Å². The van der Waals surface area contributed by atoms with E-state index in [0.29, 0.717) is 0 Å². The summed E-state index contributed by atoms with van der Waals surface area (Å²) < 4.78 is 39.5. The molecule has 0 saturated carbocycles. The molecule has 1 aromatic heterocycles. The van der Waals surface area contributed by atoms with E-state index in [9.17, 15) is 18.0 Å². The van der Waals surface area contributed by atoms with Gasteiger partial charge in [0.25, 0.3) is 0 Å². The van der Waals surface area contributed by atoms with Crippen LogP contribution < -0.4 is 11.1 Å². The van der Waals surface area contributed by atoms with Gasteiger partial charge in [0.05, 0.1) is 5.56 Å². The zero-order valence-electron chi connectivity index (χ0n) is 11.0. The molecule has 0 spiro atoms. The number of halogens is 3. The smallest absolute Gasteiger partial charge is 0.367 e. The van der Waals surface area contributed by atoms with Crippen molar-refractivity contribution in [3.8, 4) is 0 Å². The minimum atomic E-state index is -4.47. The van der Waals surface area contributed by atoms with Crippen molar-refractivity contribution in [2.75, 3.05) is 11.1 Å². The van der Waals surface area contributed by atoms with Gasteiger partial charge in [0.15, 0.2) is 0 Å². The predicted octanol–water partition coefficient (Wildman–Crippen LogP) is 1.83. The lowest BCUT2D eigenvalue weighted by Gasteiger charge is -2.12. The first kappa shape index (κ1) is 14.8. The van der Waals surface area contributed by atoms with E-state index < -0.39 is 17.6 Å². The molecular weight excluding hydrogens is 287 g/mol. The number of aromatic nitrogens is 3. The molecule has 1 heterocycles. The third kappa shape index (κ3) is 3.71. The second-order valence-electron chi connectivity index (χ2n) is 4.38. The summed E-state index contributed by atoms with van der Waals surface area (Å²) >= 11 is 0. The Morgan fingerprint density at radius 1 is 1.43 bits per heavy atom. The monoisotopic (exact) mass is 299 g/mol. The normalized spacial score (nSPS) is 11.4. The number of anilines is 2. The number of nitrogens with one attached hydrogen (secondary N) is 1. The zero-order chi connectivity index (χ0) is 15.6. The number of carbonyl (C=O) groups excluding carboxylic acids is 1. The predicted molar refractivity (Wildman–Crippen MR) is 69.2 cm³/mol. The Morgan fingerprint density at radius 3 is 2.71 bits per heavy atom. The Bertz CT molecular complexity index is 665. The Kier molecular flexibility index (Phi) is 3.83. The van der Waals surface area contributed by atoms with Crippen molar-refractivity contribution in [1.82, 2.24) is 14.8 Å². The van der Waals surface area contributed by atoms with Gasteiger partial charge in [-0.1, -0.05) is 6.07 Å². The number of aryl methyl sites for hydroxylation is 1. The highest BCUT2D eigenvalue weighted by molar-refractivity contribution is 5.90. The minimum Gasteiger partial charge on any atom is -0.367 e. The number of hydrogen-bond donors (Lipinski definition) is 2. The molecule has 112 valence electrons. The summed E-state index contributed by atoms with van der Waals surface area (Å²) in [5.74, 6) is -0.519. The molecule has 0 fully saturated rings. The number of nitrogens with zero attached hydrogens (tertiary/aromatic N) is 3. The summed E-state index contributed by atoms with van der Waals surface area (Å²) in [4.78, 5) is 15.4. The van der Waals surface area contributed by atoms with Gasteiger partial charge in [-0.25, -0.2) is 9.67 Å². The van der Waals surface area contributed by atoms with Crippen LogP contribution >= 0.6 is 0 Å². The molecule has 1 aromatic carbocycles. The summed E-state index contributed by atoms with van der Waals surface area (Å²) in [7, 11) is 0. The van der Waals surface area contributed by atoms with Crippen molar-refractivity contribution in [2.24, 2.45) is 0 Å². The van der Waals surface area contributed by atoms with Crippen LogP contribution in [-0.4, -0.2) is 20.7 Å². The molecule has 0 aliphatic rings. The highest BCUT2D eigenvalue weighted by Crippen LogP contribution is 2.33. The highest BCUT2D eigenvalue weighted by Gasteiger charge is 2.32. The Labute approximate surface area is 117 Å². The number of amides is 1. The molecule has 2 rings (SSSR count). The first-order valence-corrected chi connectivity index (χ1v) is 5.88. The number of nitrogens with two attached hydrogens (primary N) is 1. The van der Waals surface area contributed by atoms with Gasteiger partial charge in [-0.3, -0.25) is 4.79 Å². The first-order chi connectivity index (χ1) is 9.75. The molecule has 0 saturated heterocycles. The number of rotatable bonds is 3. The summed E-state index contributed by atoms with van der Waals surface area (Å²) in [6.07, 6.45) is -3.21. The van der Waals surface area contributed by atoms with Crippen molar-refractivity contribution in [2.45, 2.75) is 19.6 Å². The van der Waals surface area contributed by atoms with E-state index in [1.54, 1.807) is 0 Å². The largest absolute Gasteiger partial charge is 0.416 e. The van der Waals surface area contributed by atoms with Gasteiger partial charge >= 0.3 is 6.18 Å². The maximum atomic E-state index is 12.8. The summed E-state index contributed by atoms with van der Waals surface area (Å²) in [5, 5.41) is 6.08. The SMILES string of the molecule is Cc1ccc(NC(=O)Cn2cnc(N)n2)cc1C(F)(F)F. The number of carbonyl (C=O) groups is 1. The molecule has 9 heteroatoms. The van der Waals surface area contributed by atoms with Crippen LogP contribution in [-0.2, 0) is 17.5 Å². The molecule has 0 aliphatic carbocycles. The lowest BCUT2D eigenvalue weighted by molar-refractivity contribution is -0.138. The lowest BCUT2D eigenvalue weighted by atomic mass is 10.1. The lowest BCUT2D eigenvalue weighted by Crippen LogP contribution is -2.19. The second-order valence-corrected chi connectivity index (χ2v) is 4.38. The van der Waals surface area contributed by atoms with Crippen molar-refractivity contribution in [3.05, 3.63) is 35.7 Å². The Hall–Kier alpha value is -2.58. The fraction of sp³-hybridized carbons (Fsp3) is 0.250. The third-order valence-electron chi connectivity index (χ3n) is 2.69. The topological polar surface area (TPSA) is 85.8 Å². The van der Waals surface area contributed by atoms with Crippen LogP contribution in [0.15, 0.2) is 24.5 Å². The van der Waals surface area contributed by atoms with E-state index in [4.69, 9.17) is 5.73 Å².